The van der Waals surface area contributed by atoms with Crippen LogP contribution in [0.2, 0.25) is 0 Å². The predicted octanol–water partition coefficient (Wildman–Crippen LogP) is 3.21. The summed E-state index contributed by atoms with van der Waals surface area (Å²) in [7, 11) is 0. The molecule has 2 nitrogen and oxygen atoms in total. The fraction of sp³-hybridized carbons (Fsp3) is 0.625. The van der Waals surface area contributed by atoms with E-state index < -0.39 is 0 Å². The predicted molar refractivity (Wildman–Crippen MR) is 77.7 cm³/mol. The molecule has 0 saturated carbocycles. The molecule has 18 heavy (non-hydrogen) atoms. The Morgan fingerprint density at radius 3 is 2.56 bits per heavy atom. The molecule has 2 atom stereocenters. The van der Waals surface area contributed by atoms with Gasteiger partial charge in [-0.05, 0) is 38.8 Å². The van der Waals surface area contributed by atoms with Crippen molar-refractivity contribution in [3.8, 4) is 0 Å². The standard InChI is InChI=1S/C16H26N2/c1-4-16(14-8-6-5-7-9-14)17-15-10-11-18(12-15)13(2)3/h5-9,13,15-17H,4,10-12H2,1-3H3. The van der Waals surface area contributed by atoms with E-state index in [0.29, 0.717) is 18.1 Å². The summed E-state index contributed by atoms with van der Waals surface area (Å²) >= 11 is 0. The zero-order chi connectivity index (χ0) is 13.0. The molecule has 1 saturated heterocycles. The summed E-state index contributed by atoms with van der Waals surface area (Å²) in [5, 5.41) is 3.83. The summed E-state index contributed by atoms with van der Waals surface area (Å²) in [6.07, 6.45) is 2.43. The van der Waals surface area contributed by atoms with Gasteiger partial charge in [-0.25, -0.2) is 0 Å². The molecule has 2 unspecified atom stereocenters. The quantitative estimate of drug-likeness (QED) is 0.858. The topological polar surface area (TPSA) is 15.3 Å². The Balaban J connectivity index is 1.92. The van der Waals surface area contributed by atoms with Crippen LogP contribution < -0.4 is 5.32 Å². The molecule has 0 spiro atoms. The fourth-order valence-electron chi connectivity index (χ4n) is 2.81. The summed E-state index contributed by atoms with van der Waals surface area (Å²) in [6.45, 7) is 9.27. The van der Waals surface area contributed by atoms with E-state index in [1.165, 1.54) is 25.1 Å². The molecular formula is C16H26N2. The van der Waals surface area contributed by atoms with Gasteiger partial charge >= 0.3 is 0 Å². The van der Waals surface area contributed by atoms with Crippen molar-refractivity contribution in [2.75, 3.05) is 13.1 Å². The maximum absolute atomic E-state index is 3.83. The van der Waals surface area contributed by atoms with Crippen molar-refractivity contribution in [3.05, 3.63) is 35.9 Å². The summed E-state index contributed by atoms with van der Waals surface area (Å²) in [5.74, 6) is 0. The lowest BCUT2D eigenvalue weighted by atomic mass is 10.0. The highest BCUT2D eigenvalue weighted by Gasteiger charge is 2.25. The van der Waals surface area contributed by atoms with Crippen LogP contribution in [0.25, 0.3) is 0 Å². The van der Waals surface area contributed by atoms with Crippen LogP contribution in [0.5, 0.6) is 0 Å². The van der Waals surface area contributed by atoms with E-state index in [9.17, 15) is 0 Å². The molecule has 1 aliphatic rings. The lowest BCUT2D eigenvalue weighted by Gasteiger charge is -2.24. The number of rotatable bonds is 5. The maximum atomic E-state index is 3.83. The van der Waals surface area contributed by atoms with Crippen molar-refractivity contribution in [1.29, 1.82) is 0 Å². The average molecular weight is 246 g/mol. The third-order valence-corrected chi connectivity index (χ3v) is 4.00. The van der Waals surface area contributed by atoms with E-state index in [1.807, 2.05) is 0 Å². The van der Waals surface area contributed by atoms with Gasteiger partial charge in [0.15, 0.2) is 0 Å². The van der Waals surface area contributed by atoms with Crippen LogP contribution in [-0.2, 0) is 0 Å². The van der Waals surface area contributed by atoms with Gasteiger partial charge in [0.2, 0.25) is 0 Å². The lowest BCUT2D eigenvalue weighted by molar-refractivity contribution is 0.265. The average Bonchev–Trinajstić information content (AvgIpc) is 2.86. The second-order valence-electron chi connectivity index (χ2n) is 5.61. The number of hydrogen-bond acceptors (Lipinski definition) is 2. The zero-order valence-corrected chi connectivity index (χ0v) is 11.9. The first kappa shape index (κ1) is 13.6. The highest BCUT2D eigenvalue weighted by Crippen LogP contribution is 2.20. The minimum absolute atomic E-state index is 0.503. The molecule has 1 aliphatic heterocycles. The largest absolute Gasteiger partial charge is 0.306 e. The van der Waals surface area contributed by atoms with Crippen LogP contribution >= 0.6 is 0 Å². The van der Waals surface area contributed by atoms with E-state index >= 15 is 0 Å². The van der Waals surface area contributed by atoms with E-state index in [0.717, 1.165) is 6.42 Å². The van der Waals surface area contributed by atoms with Crippen molar-refractivity contribution in [2.45, 2.75) is 51.7 Å². The Hall–Kier alpha value is -0.860. The van der Waals surface area contributed by atoms with E-state index in [-0.39, 0.29) is 0 Å². The van der Waals surface area contributed by atoms with Crippen molar-refractivity contribution in [2.24, 2.45) is 0 Å². The Morgan fingerprint density at radius 1 is 1.28 bits per heavy atom. The maximum Gasteiger partial charge on any atom is 0.0320 e. The third-order valence-electron chi connectivity index (χ3n) is 4.00. The Labute approximate surface area is 111 Å². The van der Waals surface area contributed by atoms with E-state index in [2.05, 4.69) is 61.3 Å². The minimum Gasteiger partial charge on any atom is -0.306 e. The molecule has 100 valence electrons. The van der Waals surface area contributed by atoms with E-state index in [1.54, 1.807) is 0 Å². The van der Waals surface area contributed by atoms with Gasteiger partial charge < -0.3 is 5.32 Å². The Kier molecular flexibility index (Phi) is 4.79. The van der Waals surface area contributed by atoms with Crippen LogP contribution in [0, 0.1) is 0 Å². The summed E-state index contributed by atoms with van der Waals surface area (Å²) in [5.41, 5.74) is 1.42. The number of likely N-dealkylation sites (tertiary alicyclic amines) is 1. The van der Waals surface area contributed by atoms with Crippen molar-refractivity contribution >= 4 is 0 Å². The van der Waals surface area contributed by atoms with Crippen LogP contribution in [0.15, 0.2) is 30.3 Å². The number of hydrogen-bond donors (Lipinski definition) is 1. The van der Waals surface area contributed by atoms with Gasteiger partial charge in [0.1, 0.15) is 0 Å². The summed E-state index contributed by atoms with van der Waals surface area (Å²) < 4.78 is 0. The molecule has 1 fully saturated rings. The molecular weight excluding hydrogens is 220 g/mol. The number of nitrogens with one attached hydrogen (secondary N) is 1. The SMILES string of the molecule is CCC(NC1CCN(C(C)C)C1)c1ccccc1. The second-order valence-corrected chi connectivity index (χ2v) is 5.61. The number of nitrogens with zero attached hydrogens (tertiary/aromatic N) is 1. The van der Waals surface area contributed by atoms with Crippen molar-refractivity contribution < 1.29 is 0 Å². The molecule has 2 rings (SSSR count). The van der Waals surface area contributed by atoms with Crippen molar-refractivity contribution in [1.82, 2.24) is 10.2 Å². The Bertz CT molecular complexity index is 347. The summed E-state index contributed by atoms with van der Waals surface area (Å²) in [6, 6.07) is 12.7. The van der Waals surface area contributed by atoms with Crippen LogP contribution in [-0.4, -0.2) is 30.1 Å². The van der Waals surface area contributed by atoms with Gasteiger partial charge in [-0.2, -0.15) is 0 Å². The molecule has 0 radical (unpaired) electrons. The molecule has 1 heterocycles. The first-order valence-electron chi connectivity index (χ1n) is 7.25. The molecule has 0 aliphatic carbocycles. The smallest absolute Gasteiger partial charge is 0.0320 e. The van der Waals surface area contributed by atoms with Gasteiger partial charge in [0.05, 0.1) is 0 Å². The van der Waals surface area contributed by atoms with Gasteiger partial charge in [0, 0.05) is 24.7 Å². The van der Waals surface area contributed by atoms with Crippen LogP contribution in [0.1, 0.15) is 45.2 Å². The molecule has 2 heteroatoms. The second kappa shape index (κ2) is 6.35. The molecule has 1 aromatic carbocycles. The highest BCUT2D eigenvalue weighted by molar-refractivity contribution is 5.19. The first-order valence-corrected chi connectivity index (χ1v) is 7.25. The van der Waals surface area contributed by atoms with Crippen molar-refractivity contribution in [3.63, 3.8) is 0 Å². The summed E-state index contributed by atoms with van der Waals surface area (Å²) in [4.78, 5) is 2.56. The highest BCUT2D eigenvalue weighted by atomic mass is 15.2. The monoisotopic (exact) mass is 246 g/mol. The fourth-order valence-corrected chi connectivity index (χ4v) is 2.81. The first-order chi connectivity index (χ1) is 8.70. The van der Waals surface area contributed by atoms with Crippen LogP contribution in [0.3, 0.4) is 0 Å². The van der Waals surface area contributed by atoms with Gasteiger partial charge in [0.25, 0.3) is 0 Å². The van der Waals surface area contributed by atoms with Gasteiger partial charge in [-0.1, -0.05) is 37.3 Å². The normalized spacial score (nSPS) is 22.6. The Morgan fingerprint density at radius 2 is 2.00 bits per heavy atom. The van der Waals surface area contributed by atoms with E-state index in [4.69, 9.17) is 0 Å². The molecule has 0 amide bonds. The molecule has 0 aromatic heterocycles. The minimum atomic E-state index is 0.503. The van der Waals surface area contributed by atoms with Gasteiger partial charge in [-0.15, -0.1) is 0 Å². The number of benzene rings is 1. The lowest BCUT2D eigenvalue weighted by Crippen LogP contribution is -2.37. The van der Waals surface area contributed by atoms with Crippen LogP contribution in [0.4, 0.5) is 0 Å². The molecule has 1 N–H and O–H groups in total. The molecule has 1 aromatic rings. The molecule has 0 bridgehead atoms. The zero-order valence-electron chi connectivity index (χ0n) is 11.9. The third kappa shape index (κ3) is 3.33. The van der Waals surface area contributed by atoms with Gasteiger partial charge in [-0.3, -0.25) is 4.90 Å².